The lowest BCUT2D eigenvalue weighted by Gasteiger charge is -2.34. The molecule has 196 valence electrons. The Labute approximate surface area is 221 Å². The van der Waals surface area contributed by atoms with Gasteiger partial charge in [0.2, 0.25) is 0 Å². The Hall–Kier alpha value is -3.00. The molecule has 1 aliphatic heterocycles. The summed E-state index contributed by atoms with van der Waals surface area (Å²) in [7, 11) is 0. The highest BCUT2D eigenvalue weighted by Gasteiger charge is 2.19. The van der Waals surface area contributed by atoms with Crippen molar-refractivity contribution in [2.45, 2.75) is 18.8 Å². The first-order valence-electron chi connectivity index (χ1n) is 12.5. The van der Waals surface area contributed by atoms with Gasteiger partial charge in [-0.3, -0.25) is 4.90 Å². The lowest BCUT2D eigenvalue weighted by atomic mass is 9.87. The lowest BCUT2D eigenvalue weighted by molar-refractivity contribution is 0.0690. The topological polar surface area (TPSA) is 53.0 Å². The number of nitrogens with zero attached hydrogens (tertiary/aromatic N) is 2. The number of carboxylic acids is 1. The molecule has 1 saturated heterocycles. The second-order valence-electron chi connectivity index (χ2n) is 9.28. The van der Waals surface area contributed by atoms with Crippen LogP contribution in [0.2, 0.25) is 5.02 Å². The summed E-state index contributed by atoms with van der Waals surface area (Å²) in [6.45, 7) is 5.78. The maximum Gasteiger partial charge on any atom is 0.339 e. The fourth-order valence-electron chi connectivity index (χ4n) is 4.75. The molecule has 5 nitrogen and oxygen atoms in total. The average Bonchev–Trinajstić information content (AvgIpc) is 2.89. The van der Waals surface area contributed by atoms with Gasteiger partial charge in [0.05, 0.1) is 0 Å². The summed E-state index contributed by atoms with van der Waals surface area (Å²) in [6.07, 6.45) is 1.86. The highest BCUT2D eigenvalue weighted by atomic mass is 35.5. The third-order valence-electron chi connectivity index (χ3n) is 6.81. The van der Waals surface area contributed by atoms with Crippen LogP contribution in [-0.2, 0) is 0 Å². The zero-order valence-corrected chi connectivity index (χ0v) is 21.3. The van der Waals surface area contributed by atoms with Gasteiger partial charge >= 0.3 is 5.97 Å². The number of ether oxygens (including phenoxy) is 1. The first-order valence-corrected chi connectivity index (χ1v) is 12.9. The fourth-order valence-corrected chi connectivity index (χ4v) is 4.92. The zero-order chi connectivity index (χ0) is 26.2. The van der Waals surface area contributed by atoms with Crippen LogP contribution in [0.4, 0.5) is 8.78 Å². The molecule has 0 spiro atoms. The summed E-state index contributed by atoms with van der Waals surface area (Å²) in [5, 5.41) is 9.70. The molecular formula is C29H31ClF2N2O3. The van der Waals surface area contributed by atoms with Gasteiger partial charge < -0.3 is 14.7 Å². The minimum Gasteiger partial charge on any atom is -0.491 e. The number of aromatic carboxylic acids is 1. The SMILES string of the molecule is O=C(O)c1cc(Cl)ccc1OCCN1CCN(CCCC(c2ccc(F)cc2)c2ccc(F)cc2)CC1. The zero-order valence-electron chi connectivity index (χ0n) is 20.6. The number of piperazine rings is 1. The molecule has 0 atom stereocenters. The maximum absolute atomic E-state index is 13.5. The molecule has 0 amide bonds. The van der Waals surface area contributed by atoms with Crippen LogP contribution in [0.25, 0.3) is 0 Å². The minimum absolute atomic E-state index is 0.0666. The Morgan fingerprint density at radius 3 is 1.95 bits per heavy atom. The Kier molecular flexibility index (Phi) is 9.50. The van der Waals surface area contributed by atoms with Crippen LogP contribution in [0.3, 0.4) is 0 Å². The molecule has 1 N–H and O–H groups in total. The van der Waals surface area contributed by atoms with E-state index >= 15 is 0 Å². The van der Waals surface area contributed by atoms with E-state index in [0.717, 1.165) is 56.7 Å². The second kappa shape index (κ2) is 13.0. The number of rotatable bonds is 11. The molecule has 0 aliphatic carbocycles. The standard InChI is InChI=1S/C29H31ClF2N2O3/c30-23-7-12-28(27(20-23)29(35)36)37-19-18-34-16-14-33(15-17-34)13-1-2-26(21-3-8-24(31)9-4-21)22-5-10-25(32)11-6-22/h3-12,20,26H,1-2,13-19H2,(H,35,36). The smallest absolute Gasteiger partial charge is 0.339 e. The number of hydrogen-bond donors (Lipinski definition) is 1. The molecule has 1 aliphatic rings. The van der Waals surface area contributed by atoms with Gasteiger partial charge in [0.25, 0.3) is 0 Å². The molecule has 0 aromatic heterocycles. The summed E-state index contributed by atoms with van der Waals surface area (Å²) < 4.78 is 32.7. The highest BCUT2D eigenvalue weighted by Crippen LogP contribution is 2.30. The molecule has 37 heavy (non-hydrogen) atoms. The van der Waals surface area contributed by atoms with Crippen molar-refractivity contribution < 1.29 is 23.4 Å². The van der Waals surface area contributed by atoms with Gasteiger partial charge in [0, 0.05) is 43.7 Å². The van der Waals surface area contributed by atoms with Crippen molar-refractivity contribution in [2.24, 2.45) is 0 Å². The van der Waals surface area contributed by atoms with Gasteiger partial charge in [-0.15, -0.1) is 0 Å². The Morgan fingerprint density at radius 1 is 0.865 bits per heavy atom. The van der Waals surface area contributed by atoms with Crippen LogP contribution in [0, 0.1) is 11.6 Å². The van der Waals surface area contributed by atoms with E-state index < -0.39 is 5.97 Å². The van der Waals surface area contributed by atoms with E-state index in [-0.39, 0.29) is 23.1 Å². The molecule has 1 fully saturated rings. The van der Waals surface area contributed by atoms with Gasteiger partial charge in [-0.25, -0.2) is 13.6 Å². The van der Waals surface area contributed by atoms with Crippen molar-refractivity contribution in [3.63, 3.8) is 0 Å². The third-order valence-corrected chi connectivity index (χ3v) is 7.05. The molecule has 3 aromatic carbocycles. The predicted octanol–water partition coefficient (Wildman–Crippen LogP) is 5.93. The van der Waals surface area contributed by atoms with Crippen molar-refractivity contribution in [3.05, 3.63) is 100 Å². The summed E-state index contributed by atoms with van der Waals surface area (Å²) in [4.78, 5) is 16.2. The van der Waals surface area contributed by atoms with Crippen LogP contribution < -0.4 is 4.74 Å². The first-order chi connectivity index (χ1) is 17.9. The molecule has 0 radical (unpaired) electrons. The predicted molar refractivity (Wildman–Crippen MR) is 141 cm³/mol. The van der Waals surface area contributed by atoms with Gasteiger partial charge in [-0.2, -0.15) is 0 Å². The third kappa shape index (κ3) is 7.74. The van der Waals surface area contributed by atoms with E-state index in [1.807, 2.05) is 24.3 Å². The number of carbonyl (C=O) groups is 1. The lowest BCUT2D eigenvalue weighted by Crippen LogP contribution is -2.47. The highest BCUT2D eigenvalue weighted by molar-refractivity contribution is 6.31. The van der Waals surface area contributed by atoms with Crippen molar-refractivity contribution >= 4 is 17.6 Å². The van der Waals surface area contributed by atoms with E-state index in [1.54, 1.807) is 12.1 Å². The Bertz CT molecular complexity index is 1120. The summed E-state index contributed by atoms with van der Waals surface area (Å²) in [6, 6.07) is 17.8. The van der Waals surface area contributed by atoms with E-state index in [1.165, 1.54) is 30.3 Å². The molecule has 0 saturated carbocycles. The van der Waals surface area contributed by atoms with E-state index in [2.05, 4.69) is 9.80 Å². The number of hydrogen-bond acceptors (Lipinski definition) is 4. The van der Waals surface area contributed by atoms with Gasteiger partial charge in [0.15, 0.2) is 0 Å². The molecular weight excluding hydrogens is 498 g/mol. The van der Waals surface area contributed by atoms with Crippen molar-refractivity contribution in [1.29, 1.82) is 0 Å². The number of carboxylic acid groups (broad SMARTS) is 1. The van der Waals surface area contributed by atoms with E-state index in [9.17, 15) is 18.7 Å². The van der Waals surface area contributed by atoms with Crippen molar-refractivity contribution in [3.8, 4) is 5.75 Å². The summed E-state index contributed by atoms with van der Waals surface area (Å²) >= 11 is 5.90. The molecule has 4 rings (SSSR count). The van der Waals surface area contributed by atoms with Gasteiger partial charge in [-0.05, 0) is 73.0 Å². The summed E-state index contributed by atoms with van der Waals surface area (Å²) in [5.74, 6) is -1.18. The number of halogens is 3. The van der Waals surface area contributed by atoms with Crippen LogP contribution in [0.15, 0.2) is 66.7 Å². The van der Waals surface area contributed by atoms with Crippen LogP contribution in [-0.4, -0.2) is 66.8 Å². The van der Waals surface area contributed by atoms with Crippen molar-refractivity contribution in [1.82, 2.24) is 9.80 Å². The number of benzene rings is 3. The Balaban J connectivity index is 1.22. The first kappa shape index (κ1) is 27.0. The van der Waals surface area contributed by atoms with E-state index in [4.69, 9.17) is 16.3 Å². The van der Waals surface area contributed by atoms with E-state index in [0.29, 0.717) is 23.9 Å². The van der Waals surface area contributed by atoms with Crippen LogP contribution in [0.1, 0.15) is 40.2 Å². The normalized spacial score (nSPS) is 14.7. The quantitative estimate of drug-likeness (QED) is 0.334. The largest absolute Gasteiger partial charge is 0.491 e. The molecule has 8 heteroatoms. The fraction of sp³-hybridized carbons (Fsp3) is 0.345. The maximum atomic E-state index is 13.5. The molecule has 3 aromatic rings. The van der Waals surface area contributed by atoms with Crippen molar-refractivity contribution in [2.75, 3.05) is 45.9 Å². The summed E-state index contributed by atoms with van der Waals surface area (Å²) in [5.41, 5.74) is 2.13. The average molecular weight is 529 g/mol. The minimum atomic E-state index is -1.06. The molecule has 0 bridgehead atoms. The molecule has 1 heterocycles. The van der Waals surface area contributed by atoms with Gasteiger partial charge in [0.1, 0.15) is 29.6 Å². The van der Waals surface area contributed by atoms with Crippen LogP contribution >= 0.6 is 11.6 Å². The molecule has 0 unspecified atom stereocenters. The monoisotopic (exact) mass is 528 g/mol. The van der Waals surface area contributed by atoms with Crippen LogP contribution in [0.5, 0.6) is 5.75 Å². The van der Waals surface area contributed by atoms with Gasteiger partial charge in [-0.1, -0.05) is 35.9 Å². The Morgan fingerprint density at radius 2 is 1.41 bits per heavy atom. The second-order valence-corrected chi connectivity index (χ2v) is 9.71.